The Balaban J connectivity index is 1.64. The van der Waals surface area contributed by atoms with Crippen LogP contribution < -0.4 is 0 Å². The number of carbonyl (C=O) groups excluding carboxylic acids is 1. The summed E-state index contributed by atoms with van der Waals surface area (Å²) in [6.45, 7) is 2.59. The van der Waals surface area contributed by atoms with Crippen molar-refractivity contribution in [3.05, 3.63) is 0 Å². The van der Waals surface area contributed by atoms with Gasteiger partial charge in [-0.2, -0.15) is 13.2 Å². The number of likely N-dealkylation sites (tertiary alicyclic amines) is 2. The number of alkyl halides is 3. The predicted molar refractivity (Wildman–Crippen MR) is 78.9 cm³/mol. The third-order valence-electron chi connectivity index (χ3n) is 5.44. The molecule has 0 aromatic heterocycles. The van der Waals surface area contributed by atoms with E-state index in [0.717, 1.165) is 32.2 Å². The zero-order valence-corrected chi connectivity index (χ0v) is 13.4. The molecule has 0 spiro atoms. The standard InChI is InChI=1S/C16H25F3N2O2/c17-16(18,19)12-3-1-7-20(11-12)15(22)14-4-2-8-21(14)13-5-9-23-10-6-13/h12-14H,1-11H2/t12-,14-/m1/s1. The Morgan fingerprint density at radius 1 is 1.00 bits per heavy atom. The molecule has 0 radical (unpaired) electrons. The van der Waals surface area contributed by atoms with E-state index in [-0.39, 0.29) is 24.9 Å². The zero-order chi connectivity index (χ0) is 16.4. The van der Waals surface area contributed by atoms with Crippen LogP contribution in [0.3, 0.4) is 0 Å². The molecular formula is C16H25F3N2O2. The van der Waals surface area contributed by atoms with Crippen molar-refractivity contribution >= 4 is 5.91 Å². The molecule has 0 aromatic carbocycles. The minimum atomic E-state index is -4.20. The van der Waals surface area contributed by atoms with Crippen LogP contribution in [0.5, 0.6) is 0 Å². The quantitative estimate of drug-likeness (QED) is 0.778. The summed E-state index contributed by atoms with van der Waals surface area (Å²) in [6, 6.07) is 0.105. The van der Waals surface area contributed by atoms with E-state index in [1.165, 1.54) is 4.90 Å². The number of ether oxygens (including phenoxy) is 1. The lowest BCUT2D eigenvalue weighted by Crippen LogP contribution is -2.53. The molecule has 0 saturated carbocycles. The highest BCUT2D eigenvalue weighted by atomic mass is 19.4. The fourth-order valence-electron chi connectivity index (χ4n) is 4.16. The molecule has 23 heavy (non-hydrogen) atoms. The molecule has 0 aromatic rings. The summed E-state index contributed by atoms with van der Waals surface area (Å²) in [5.74, 6) is -1.46. The zero-order valence-electron chi connectivity index (χ0n) is 13.4. The van der Waals surface area contributed by atoms with Crippen molar-refractivity contribution in [2.45, 2.75) is 56.8 Å². The highest BCUT2D eigenvalue weighted by Gasteiger charge is 2.45. The van der Waals surface area contributed by atoms with Crippen LogP contribution in [0.15, 0.2) is 0 Å². The minimum Gasteiger partial charge on any atom is -0.381 e. The maximum atomic E-state index is 13.0. The van der Waals surface area contributed by atoms with Gasteiger partial charge in [0.25, 0.3) is 0 Å². The van der Waals surface area contributed by atoms with E-state index in [4.69, 9.17) is 4.74 Å². The Hall–Kier alpha value is -0.820. The summed E-state index contributed by atoms with van der Waals surface area (Å²) in [7, 11) is 0. The Morgan fingerprint density at radius 3 is 2.39 bits per heavy atom. The molecule has 3 aliphatic heterocycles. The Bertz CT molecular complexity index is 424. The van der Waals surface area contributed by atoms with E-state index in [2.05, 4.69) is 4.90 Å². The van der Waals surface area contributed by atoms with E-state index in [1.807, 2.05) is 0 Å². The predicted octanol–water partition coefficient (Wildman–Crippen LogP) is 2.43. The van der Waals surface area contributed by atoms with E-state index < -0.39 is 12.1 Å². The van der Waals surface area contributed by atoms with Gasteiger partial charge in [0.05, 0.1) is 12.0 Å². The third-order valence-corrected chi connectivity index (χ3v) is 5.44. The van der Waals surface area contributed by atoms with Crippen LogP contribution in [0, 0.1) is 5.92 Å². The number of rotatable bonds is 2. The van der Waals surface area contributed by atoms with Crippen LogP contribution in [0.1, 0.15) is 38.5 Å². The third kappa shape index (κ3) is 3.82. The van der Waals surface area contributed by atoms with Gasteiger partial charge in [0.1, 0.15) is 0 Å². The van der Waals surface area contributed by atoms with E-state index in [1.54, 1.807) is 0 Å². The molecule has 4 nitrogen and oxygen atoms in total. The van der Waals surface area contributed by atoms with Crippen molar-refractivity contribution in [3.63, 3.8) is 0 Å². The summed E-state index contributed by atoms with van der Waals surface area (Å²) in [6.07, 6.45) is -0.0753. The molecule has 1 amide bonds. The normalized spacial score (nSPS) is 31.5. The molecular weight excluding hydrogens is 309 g/mol. The number of halogens is 3. The molecule has 3 aliphatic rings. The van der Waals surface area contributed by atoms with Crippen molar-refractivity contribution in [1.29, 1.82) is 0 Å². The number of carbonyl (C=O) groups is 1. The monoisotopic (exact) mass is 334 g/mol. The number of amides is 1. The van der Waals surface area contributed by atoms with Crippen molar-refractivity contribution in [1.82, 2.24) is 9.80 Å². The highest BCUT2D eigenvalue weighted by molar-refractivity contribution is 5.82. The number of hydrogen-bond donors (Lipinski definition) is 0. The van der Waals surface area contributed by atoms with Crippen LogP contribution in [0.25, 0.3) is 0 Å². The van der Waals surface area contributed by atoms with Crippen molar-refractivity contribution < 1.29 is 22.7 Å². The second-order valence-electron chi connectivity index (χ2n) is 6.90. The Morgan fingerprint density at radius 2 is 1.70 bits per heavy atom. The average molecular weight is 334 g/mol. The van der Waals surface area contributed by atoms with Gasteiger partial charge in [-0.05, 0) is 45.1 Å². The highest BCUT2D eigenvalue weighted by Crippen LogP contribution is 2.34. The van der Waals surface area contributed by atoms with Crippen molar-refractivity contribution in [2.24, 2.45) is 5.92 Å². The maximum Gasteiger partial charge on any atom is 0.393 e. The van der Waals surface area contributed by atoms with Gasteiger partial charge in [0.2, 0.25) is 5.91 Å². The van der Waals surface area contributed by atoms with Gasteiger partial charge >= 0.3 is 6.18 Å². The fraction of sp³-hybridized carbons (Fsp3) is 0.938. The first kappa shape index (κ1) is 17.0. The Kier molecular flexibility index (Phi) is 5.16. The van der Waals surface area contributed by atoms with Gasteiger partial charge in [-0.1, -0.05) is 0 Å². The summed E-state index contributed by atoms with van der Waals surface area (Å²) >= 11 is 0. The molecule has 3 fully saturated rings. The second-order valence-corrected chi connectivity index (χ2v) is 6.90. The number of nitrogens with zero attached hydrogens (tertiary/aromatic N) is 2. The molecule has 2 atom stereocenters. The summed E-state index contributed by atoms with van der Waals surface area (Å²) in [5, 5.41) is 0. The van der Waals surface area contributed by atoms with Gasteiger partial charge in [0.15, 0.2) is 0 Å². The summed E-state index contributed by atoms with van der Waals surface area (Å²) in [4.78, 5) is 16.5. The average Bonchev–Trinajstić information content (AvgIpc) is 3.04. The largest absolute Gasteiger partial charge is 0.393 e. The van der Waals surface area contributed by atoms with Crippen LogP contribution in [0.4, 0.5) is 13.2 Å². The summed E-state index contributed by atoms with van der Waals surface area (Å²) < 4.78 is 44.3. The first-order valence-electron chi connectivity index (χ1n) is 8.66. The molecule has 3 rings (SSSR count). The van der Waals surface area contributed by atoms with Crippen molar-refractivity contribution in [3.8, 4) is 0 Å². The molecule has 3 heterocycles. The number of hydrogen-bond acceptors (Lipinski definition) is 3. The molecule has 3 saturated heterocycles. The SMILES string of the molecule is O=C([C@H]1CCCN1C1CCOCC1)N1CCC[C@@H](C(F)(F)F)C1. The molecule has 132 valence electrons. The first-order valence-corrected chi connectivity index (χ1v) is 8.66. The lowest BCUT2D eigenvalue weighted by molar-refractivity contribution is -0.188. The van der Waals surface area contributed by atoms with Crippen LogP contribution in [-0.4, -0.2) is 66.8 Å². The minimum absolute atomic E-state index is 0.0945. The first-order chi connectivity index (χ1) is 11.0. The van der Waals surface area contributed by atoms with Gasteiger partial charge in [0, 0.05) is 32.3 Å². The molecule has 7 heteroatoms. The van der Waals surface area contributed by atoms with Gasteiger partial charge < -0.3 is 9.64 Å². The molecule has 0 aliphatic carbocycles. The van der Waals surface area contributed by atoms with E-state index >= 15 is 0 Å². The lowest BCUT2D eigenvalue weighted by Gasteiger charge is -2.39. The fourth-order valence-corrected chi connectivity index (χ4v) is 4.16. The molecule has 0 N–H and O–H groups in total. The molecule has 0 unspecified atom stereocenters. The second kappa shape index (κ2) is 6.97. The van der Waals surface area contributed by atoms with Crippen LogP contribution in [0.2, 0.25) is 0 Å². The lowest BCUT2D eigenvalue weighted by atomic mass is 9.96. The van der Waals surface area contributed by atoms with Gasteiger partial charge in [-0.15, -0.1) is 0 Å². The van der Waals surface area contributed by atoms with Crippen LogP contribution >= 0.6 is 0 Å². The smallest absolute Gasteiger partial charge is 0.381 e. The van der Waals surface area contributed by atoms with Crippen molar-refractivity contribution in [2.75, 3.05) is 32.8 Å². The topological polar surface area (TPSA) is 32.8 Å². The number of piperidine rings is 1. The summed E-state index contributed by atoms with van der Waals surface area (Å²) in [5.41, 5.74) is 0. The molecule has 0 bridgehead atoms. The van der Waals surface area contributed by atoms with Gasteiger partial charge in [-0.25, -0.2) is 0 Å². The van der Waals surface area contributed by atoms with Crippen LogP contribution in [-0.2, 0) is 9.53 Å². The van der Waals surface area contributed by atoms with Gasteiger partial charge in [-0.3, -0.25) is 9.69 Å². The van der Waals surface area contributed by atoms with E-state index in [9.17, 15) is 18.0 Å². The Labute approximate surface area is 134 Å². The maximum absolute atomic E-state index is 13.0. The van der Waals surface area contributed by atoms with E-state index in [0.29, 0.717) is 32.2 Å².